The van der Waals surface area contributed by atoms with E-state index in [0.29, 0.717) is 0 Å². The van der Waals surface area contributed by atoms with Gasteiger partial charge >= 0.3 is 12.4 Å². The van der Waals surface area contributed by atoms with Crippen LogP contribution >= 0.6 is 0 Å². The molecule has 104 valence electrons. The first-order valence-electron chi connectivity index (χ1n) is 4.79. The van der Waals surface area contributed by atoms with E-state index in [1.807, 2.05) is 0 Å². The van der Waals surface area contributed by atoms with Crippen molar-refractivity contribution < 1.29 is 31.4 Å². The second-order valence-electron chi connectivity index (χ2n) is 4.41. The normalized spacial score (nSPS) is 16.8. The second-order valence-corrected chi connectivity index (χ2v) is 4.41. The van der Waals surface area contributed by atoms with Gasteiger partial charge in [0, 0.05) is 0 Å². The lowest BCUT2D eigenvalue weighted by atomic mass is 9.84. The van der Waals surface area contributed by atoms with Gasteiger partial charge in [-0.25, -0.2) is 0 Å². The van der Waals surface area contributed by atoms with Crippen molar-refractivity contribution in [2.45, 2.75) is 37.8 Å². The fraction of sp³-hybridized carbons (Fsp3) is 1.00. The van der Waals surface area contributed by atoms with Gasteiger partial charge in [-0.3, -0.25) is 0 Å². The van der Waals surface area contributed by atoms with Gasteiger partial charge in [-0.15, -0.1) is 0 Å². The summed E-state index contributed by atoms with van der Waals surface area (Å²) in [6, 6.07) is -2.11. The molecule has 0 fully saturated rings. The molecule has 0 rings (SSSR count). The molecule has 0 aliphatic heterocycles. The van der Waals surface area contributed by atoms with Crippen molar-refractivity contribution in [3.8, 4) is 0 Å². The first-order chi connectivity index (χ1) is 7.26. The Morgan fingerprint density at radius 1 is 0.882 bits per heavy atom. The molecule has 8 heteroatoms. The molecule has 0 unspecified atom stereocenters. The van der Waals surface area contributed by atoms with E-state index in [0.717, 1.165) is 19.0 Å². The maximum absolute atomic E-state index is 12.6. The van der Waals surface area contributed by atoms with E-state index in [2.05, 4.69) is 0 Å². The average molecular weight is 267 g/mol. The molecular weight excluding hydrogens is 252 g/mol. The Morgan fingerprint density at radius 2 is 1.18 bits per heavy atom. The zero-order valence-electron chi connectivity index (χ0n) is 9.82. The third-order valence-corrected chi connectivity index (χ3v) is 2.48. The number of hydrogen-bond donors (Lipinski definition) is 1. The minimum absolute atomic E-state index is 0.728. The molecule has 0 bridgehead atoms. The Bertz CT molecular complexity index is 235. The number of likely N-dealkylation sites (N-methyl/N-ethyl adjacent to an activating group) is 1. The summed E-state index contributed by atoms with van der Waals surface area (Å²) in [4.78, 5) is 0.728. The lowest BCUT2D eigenvalue weighted by molar-refractivity contribution is -0.386. The largest absolute Gasteiger partial charge is 0.427 e. The monoisotopic (exact) mass is 267 g/mol. The van der Waals surface area contributed by atoms with Crippen molar-refractivity contribution in [3.05, 3.63) is 0 Å². The first-order valence-corrected chi connectivity index (χ1v) is 4.79. The Hall–Kier alpha value is -0.500. The molecule has 0 spiro atoms. The molecule has 0 saturated carbocycles. The van der Waals surface area contributed by atoms with E-state index in [4.69, 9.17) is 0 Å². The summed E-state index contributed by atoms with van der Waals surface area (Å²) < 4.78 is 75.4. The average Bonchev–Trinajstić information content (AvgIpc) is 1.97. The van der Waals surface area contributed by atoms with Gasteiger partial charge in [0.05, 0.1) is 6.04 Å². The third-order valence-electron chi connectivity index (χ3n) is 2.48. The molecule has 0 saturated heterocycles. The molecule has 1 N–H and O–H groups in total. The van der Waals surface area contributed by atoms with Crippen LogP contribution in [0.1, 0.15) is 13.8 Å². The van der Waals surface area contributed by atoms with E-state index in [1.165, 1.54) is 13.8 Å². The van der Waals surface area contributed by atoms with E-state index in [9.17, 15) is 31.4 Å². The van der Waals surface area contributed by atoms with Crippen molar-refractivity contribution in [1.82, 2.24) is 4.90 Å². The second kappa shape index (κ2) is 4.64. The number of nitrogens with zero attached hydrogens (tertiary/aromatic N) is 1. The van der Waals surface area contributed by atoms with Gasteiger partial charge in [0.25, 0.3) is 5.60 Å². The standard InChI is InChI=1S/C9H15F6NO/c1-5(2)6(16(3)4)7(17,8(10,11)12)9(13,14)15/h5-6,17H,1-4H3/t6-/m1/s1. The van der Waals surface area contributed by atoms with Crippen LogP contribution in [0.5, 0.6) is 0 Å². The van der Waals surface area contributed by atoms with Gasteiger partial charge in [0.1, 0.15) is 0 Å². The SMILES string of the molecule is CC(C)[C@@H](N(C)C)C(O)(C(F)(F)F)C(F)(F)F. The highest BCUT2D eigenvalue weighted by Gasteiger charge is 2.74. The number of rotatable bonds is 3. The van der Waals surface area contributed by atoms with Gasteiger partial charge in [0.2, 0.25) is 0 Å². The van der Waals surface area contributed by atoms with Crippen molar-refractivity contribution in [1.29, 1.82) is 0 Å². The van der Waals surface area contributed by atoms with Crippen LogP contribution in [-0.2, 0) is 0 Å². The van der Waals surface area contributed by atoms with Crippen LogP contribution in [0, 0.1) is 5.92 Å². The molecule has 0 amide bonds. The van der Waals surface area contributed by atoms with Crippen molar-refractivity contribution >= 4 is 0 Å². The molecule has 0 aliphatic rings. The molecule has 0 aromatic carbocycles. The van der Waals surface area contributed by atoms with Crippen LogP contribution < -0.4 is 0 Å². The van der Waals surface area contributed by atoms with Gasteiger partial charge < -0.3 is 10.0 Å². The minimum Gasteiger partial charge on any atom is -0.372 e. The Kier molecular flexibility index (Phi) is 4.50. The van der Waals surface area contributed by atoms with Crippen LogP contribution in [0.3, 0.4) is 0 Å². The Labute approximate surface area is 95.2 Å². The summed E-state index contributed by atoms with van der Waals surface area (Å²) in [6.45, 7) is 2.38. The fourth-order valence-electron chi connectivity index (χ4n) is 1.95. The predicted octanol–water partition coefficient (Wildman–Crippen LogP) is 2.43. The van der Waals surface area contributed by atoms with Crippen LogP contribution in [0.2, 0.25) is 0 Å². The van der Waals surface area contributed by atoms with E-state index in [1.54, 1.807) is 0 Å². The maximum Gasteiger partial charge on any atom is 0.427 e. The molecule has 1 atom stereocenters. The highest BCUT2D eigenvalue weighted by molar-refractivity contribution is 5.04. The smallest absolute Gasteiger partial charge is 0.372 e. The predicted molar refractivity (Wildman–Crippen MR) is 49.4 cm³/mol. The van der Waals surface area contributed by atoms with Crippen molar-refractivity contribution in [2.24, 2.45) is 5.92 Å². The third kappa shape index (κ3) is 2.85. The molecule has 0 aromatic rings. The first kappa shape index (κ1) is 16.5. The minimum atomic E-state index is -5.79. The van der Waals surface area contributed by atoms with Crippen molar-refractivity contribution in [2.75, 3.05) is 14.1 Å². The maximum atomic E-state index is 12.6. The topological polar surface area (TPSA) is 23.5 Å². The van der Waals surface area contributed by atoms with E-state index < -0.39 is 29.9 Å². The van der Waals surface area contributed by atoms with Gasteiger partial charge in [-0.1, -0.05) is 13.8 Å². The van der Waals surface area contributed by atoms with Crippen LogP contribution in [0.25, 0.3) is 0 Å². The number of alkyl halides is 6. The summed E-state index contributed by atoms with van der Waals surface area (Å²) in [5.41, 5.74) is -4.74. The summed E-state index contributed by atoms with van der Waals surface area (Å²) in [5, 5.41) is 9.19. The molecule has 17 heavy (non-hydrogen) atoms. The summed E-state index contributed by atoms with van der Waals surface area (Å²) >= 11 is 0. The number of aliphatic hydroxyl groups is 1. The molecule has 0 aliphatic carbocycles. The summed E-state index contributed by atoms with van der Waals surface area (Å²) in [5.74, 6) is -1.03. The fourth-order valence-corrected chi connectivity index (χ4v) is 1.95. The zero-order chi connectivity index (χ0) is 14.2. The van der Waals surface area contributed by atoms with Gasteiger partial charge in [-0.05, 0) is 20.0 Å². The Balaban J connectivity index is 5.78. The van der Waals surface area contributed by atoms with Crippen LogP contribution in [0.15, 0.2) is 0 Å². The number of hydrogen-bond acceptors (Lipinski definition) is 2. The lowest BCUT2D eigenvalue weighted by Crippen LogP contribution is -2.69. The zero-order valence-corrected chi connectivity index (χ0v) is 9.82. The van der Waals surface area contributed by atoms with E-state index in [-0.39, 0.29) is 0 Å². The Morgan fingerprint density at radius 3 is 1.24 bits per heavy atom. The molecular formula is C9H15F6NO. The molecule has 2 nitrogen and oxygen atoms in total. The summed E-state index contributed by atoms with van der Waals surface area (Å²) in [6.07, 6.45) is -11.6. The molecule has 0 radical (unpaired) electrons. The quantitative estimate of drug-likeness (QED) is 0.794. The highest BCUT2D eigenvalue weighted by atomic mass is 19.4. The highest BCUT2D eigenvalue weighted by Crippen LogP contribution is 2.47. The van der Waals surface area contributed by atoms with Gasteiger partial charge in [-0.2, -0.15) is 26.3 Å². The van der Waals surface area contributed by atoms with Crippen LogP contribution in [0.4, 0.5) is 26.3 Å². The number of halogens is 6. The van der Waals surface area contributed by atoms with Crippen LogP contribution in [-0.4, -0.2) is 48.1 Å². The summed E-state index contributed by atoms with van der Waals surface area (Å²) in [7, 11) is 2.13. The van der Waals surface area contributed by atoms with E-state index >= 15 is 0 Å². The van der Waals surface area contributed by atoms with Gasteiger partial charge in [0.15, 0.2) is 0 Å². The van der Waals surface area contributed by atoms with Crippen molar-refractivity contribution in [3.63, 3.8) is 0 Å². The molecule has 0 aromatic heterocycles. The lowest BCUT2D eigenvalue weighted by Gasteiger charge is -2.43. The molecule has 0 heterocycles.